The second-order valence-corrected chi connectivity index (χ2v) is 7.53. The number of nitrogens with one attached hydrogen (secondary N) is 1. The van der Waals surface area contributed by atoms with Gasteiger partial charge in [-0.2, -0.15) is 0 Å². The summed E-state index contributed by atoms with van der Waals surface area (Å²) in [4.78, 5) is 28.2. The number of rotatable bonds is 9. The summed E-state index contributed by atoms with van der Waals surface area (Å²) in [6.45, 7) is 2.78. The molecule has 0 saturated heterocycles. The number of para-hydroxylation sites is 1. The first-order chi connectivity index (χ1) is 16.1. The number of carbonyl (C=O) groups excluding carboxylic acids is 2. The summed E-state index contributed by atoms with van der Waals surface area (Å²) in [6, 6.07) is 24.3. The molecule has 2 amide bonds. The molecule has 0 bridgehead atoms. The van der Waals surface area contributed by atoms with Crippen molar-refractivity contribution >= 4 is 23.1 Å². The maximum Gasteiger partial charge on any atom is 0.278 e. The fourth-order valence-electron chi connectivity index (χ4n) is 3.83. The topological polar surface area (TPSA) is 67.9 Å². The quantitative estimate of drug-likeness (QED) is 0.493. The molecule has 0 unspecified atom stereocenters. The van der Waals surface area contributed by atoms with E-state index >= 15 is 0 Å². The average molecular weight is 443 g/mol. The van der Waals surface area contributed by atoms with Crippen molar-refractivity contribution in [1.29, 1.82) is 0 Å². The van der Waals surface area contributed by atoms with Crippen LogP contribution in [0.15, 0.2) is 84.6 Å². The zero-order chi connectivity index (χ0) is 23.2. The number of anilines is 1. The van der Waals surface area contributed by atoms with Crippen molar-refractivity contribution in [3.63, 3.8) is 0 Å². The van der Waals surface area contributed by atoms with Crippen LogP contribution in [0.2, 0.25) is 0 Å². The molecule has 6 nitrogen and oxygen atoms in total. The minimum atomic E-state index is -0.356. The van der Waals surface area contributed by atoms with E-state index in [1.54, 1.807) is 19.2 Å². The highest BCUT2D eigenvalue weighted by molar-refractivity contribution is 6.37. The SMILES string of the molecule is CCOc1ccc(NC2=C(c3ccccc3OC)C(=O)N(CCc3ccccc3)C2=O)cc1. The molecule has 0 aliphatic carbocycles. The molecular weight excluding hydrogens is 416 g/mol. The predicted molar refractivity (Wildman–Crippen MR) is 128 cm³/mol. The van der Waals surface area contributed by atoms with Crippen LogP contribution in [0.5, 0.6) is 11.5 Å². The molecule has 0 fully saturated rings. The van der Waals surface area contributed by atoms with Crippen LogP contribution in [0.1, 0.15) is 18.1 Å². The number of carbonyl (C=O) groups is 2. The number of amides is 2. The maximum absolute atomic E-state index is 13.5. The van der Waals surface area contributed by atoms with Crippen LogP contribution in [-0.4, -0.2) is 37.0 Å². The predicted octanol–water partition coefficient (Wildman–Crippen LogP) is 4.53. The van der Waals surface area contributed by atoms with E-state index in [9.17, 15) is 9.59 Å². The van der Waals surface area contributed by atoms with Gasteiger partial charge in [0.1, 0.15) is 17.2 Å². The van der Waals surface area contributed by atoms with Gasteiger partial charge in [-0.25, -0.2) is 0 Å². The molecule has 3 aromatic carbocycles. The lowest BCUT2D eigenvalue weighted by atomic mass is 10.0. The van der Waals surface area contributed by atoms with Gasteiger partial charge in [0.15, 0.2) is 0 Å². The first-order valence-electron chi connectivity index (χ1n) is 10.9. The molecule has 0 saturated carbocycles. The molecule has 0 atom stereocenters. The average Bonchev–Trinajstić information content (AvgIpc) is 3.08. The summed E-state index contributed by atoms with van der Waals surface area (Å²) in [5.74, 6) is 0.574. The first-order valence-corrected chi connectivity index (χ1v) is 10.9. The van der Waals surface area contributed by atoms with E-state index in [1.165, 1.54) is 4.90 Å². The van der Waals surface area contributed by atoms with E-state index in [4.69, 9.17) is 9.47 Å². The highest BCUT2D eigenvalue weighted by Crippen LogP contribution is 2.35. The van der Waals surface area contributed by atoms with E-state index in [-0.39, 0.29) is 24.1 Å². The number of hydrogen-bond donors (Lipinski definition) is 1. The van der Waals surface area contributed by atoms with E-state index in [0.717, 1.165) is 11.3 Å². The minimum Gasteiger partial charge on any atom is -0.496 e. The molecule has 0 radical (unpaired) electrons. The Kier molecular flexibility index (Phi) is 6.74. The first kappa shape index (κ1) is 22.1. The highest BCUT2D eigenvalue weighted by Gasteiger charge is 2.40. The van der Waals surface area contributed by atoms with Crippen LogP contribution >= 0.6 is 0 Å². The summed E-state index contributed by atoms with van der Waals surface area (Å²) in [6.07, 6.45) is 0.577. The van der Waals surface area contributed by atoms with Crippen molar-refractivity contribution < 1.29 is 19.1 Å². The summed E-state index contributed by atoms with van der Waals surface area (Å²) in [5.41, 5.74) is 2.87. The Morgan fingerprint density at radius 2 is 1.55 bits per heavy atom. The van der Waals surface area contributed by atoms with Gasteiger partial charge in [-0.1, -0.05) is 48.5 Å². The van der Waals surface area contributed by atoms with E-state index < -0.39 is 0 Å². The monoisotopic (exact) mass is 442 g/mol. The van der Waals surface area contributed by atoms with Crippen LogP contribution in [0.3, 0.4) is 0 Å². The third kappa shape index (κ3) is 4.75. The fourth-order valence-corrected chi connectivity index (χ4v) is 3.83. The molecule has 1 heterocycles. The number of benzene rings is 3. The molecule has 1 aliphatic heterocycles. The normalized spacial score (nSPS) is 13.5. The van der Waals surface area contributed by atoms with Gasteiger partial charge in [-0.15, -0.1) is 0 Å². The molecule has 0 aromatic heterocycles. The molecule has 168 valence electrons. The lowest BCUT2D eigenvalue weighted by molar-refractivity contribution is -0.136. The Hall–Kier alpha value is -4.06. The third-order valence-corrected chi connectivity index (χ3v) is 5.45. The molecule has 0 spiro atoms. The number of nitrogens with zero attached hydrogens (tertiary/aromatic N) is 1. The van der Waals surface area contributed by atoms with Crippen molar-refractivity contribution in [2.75, 3.05) is 25.6 Å². The summed E-state index contributed by atoms with van der Waals surface area (Å²) < 4.78 is 11.0. The van der Waals surface area contributed by atoms with Crippen molar-refractivity contribution in [3.05, 3.63) is 95.7 Å². The van der Waals surface area contributed by atoms with Crippen LogP contribution in [-0.2, 0) is 16.0 Å². The maximum atomic E-state index is 13.5. The molecule has 3 aromatic rings. The lowest BCUT2D eigenvalue weighted by Crippen LogP contribution is -2.34. The Labute approximate surface area is 193 Å². The Morgan fingerprint density at radius 1 is 0.848 bits per heavy atom. The highest BCUT2D eigenvalue weighted by atomic mass is 16.5. The van der Waals surface area contributed by atoms with Gasteiger partial charge >= 0.3 is 0 Å². The van der Waals surface area contributed by atoms with Gasteiger partial charge in [0, 0.05) is 17.8 Å². The van der Waals surface area contributed by atoms with Crippen LogP contribution in [0.4, 0.5) is 5.69 Å². The zero-order valence-electron chi connectivity index (χ0n) is 18.7. The lowest BCUT2D eigenvalue weighted by Gasteiger charge is -2.15. The minimum absolute atomic E-state index is 0.238. The molecular formula is C27H26N2O4. The summed E-state index contributed by atoms with van der Waals surface area (Å²) >= 11 is 0. The van der Waals surface area contributed by atoms with Gasteiger partial charge < -0.3 is 14.8 Å². The fraction of sp³-hybridized carbons (Fsp3) is 0.185. The van der Waals surface area contributed by atoms with Gasteiger partial charge in [0.2, 0.25) is 0 Å². The Bertz CT molecular complexity index is 1170. The number of hydrogen-bond acceptors (Lipinski definition) is 5. The van der Waals surface area contributed by atoms with E-state index in [0.29, 0.717) is 35.6 Å². The molecule has 4 rings (SSSR count). The van der Waals surface area contributed by atoms with E-state index in [1.807, 2.05) is 73.7 Å². The second kappa shape index (κ2) is 10.0. The van der Waals surface area contributed by atoms with Gasteiger partial charge in [-0.3, -0.25) is 14.5 Å². The number of imide groups is 1. The van der Waals surface area contributed by atoms with Crippen LogP contribution in [0, 0.1) is 0 Å². The second-order valence-electron chi connectivity index (χ2n) is 7.53. The molecule has 1 aliphatic rings. The Balaban J connectivity index is 1.68. The van der Waals surface area contributed by atoms with Crippen molar-refractivity contribution in [1.82, 2.24) is 4.90 Å². The van der Waals surface area contributed by atoms with E-state index in [2.05, 4.69) is 5.32 Å². The standard InChI is InChI=1S/C27H26N2O4/c1-3-33-21-15-13-20(14-16-21)28-25-24(22-11-7-8-12-23(22)32-2)26(30)29(27(25)31)18-17-19-9-5-4-6-10-19/h4-16,28H,3,17-18H2,1-2H3. The number of ether oxygens (including phenoxy) is 2. The smallest absolute Gasteiger partial charge is 0.278 e. The van der Waals surface area contributed by atoms with Crippen molar-refractivity contribution in [2.24, 2.45) is 0 Å². The van der Waals surface area contributed by atoms with Gasteiger partial charge in [0.25, 0.3) is 11.8 Å². The largest absolute Gasteiger partial charge is 0.496 e. The Morgan fingerprint density at radius 3 is 2.24 bits per heavy atom. The van der Waals surface area contributed by atoms with Crippen molar-refractivity contribution in [2.45, 2.75) is 13.3 Å². The van der Waals surface area contributed by atoms with Crippen LogP contribution < -0.4 is 14.8 Å². The van der Waals surface area contributed by atoms with Gasteiger partial charge in [-0.05, 0) is 49.2 Å². The third-order valence-electron chi connectivity index (χ3n) is 5.45. The zero-order valence-corrected chi connectivity index (χ0v) is 18.7. The molecule has 6 heteroatoms. The van der Waals surface area contributed by atoms with Crippen LogP contribution in [0.25, 0.3) is 5.57 Å². The number of methoxy groups -OCH3 is 1. The molecule has 1 N–H and O–H groups in total. The van der Waals surface area contributed by atoms with Gasteiger partial charge in [0.05, 0.1) is 19.3 Å². The summed E-state index contributed by atoms with van der Waals surface area (Å²) in [5, 5.41) is 3.17. The summed E-state index contributed by atoms with van der Waals surface area (Å²) in [7, 11) is 1.55. The van der Waals surface area contributed by atoms with Crippen molar-refractivity contribution in [3.8, 4) is 11.5 Å². The molecule has 33 heavy (non-hydrogen) atoms.